The van der Waals surface area contributed by atoms with Gasteiger partial charge in [-0.2, -0.15) is 5.10 Å². The van der Waals surface area contributed by atoms with Crippen LogP contribution < -0.4 is 5.32 Å². The number of halogens is 1. The number of fused-ring (bicyclic) bond motifs is 1. The molecule has 0 radical (unpaired) electrons. The first-order chi connectivity index (χ1) is 18.2. The topological polar surface area (TPSA) is 113 Å². The van der Waals surface area contributed by atoms with E-state index in [1.165, 1.54) is 16.5 Å². The third-order valence-electron chi connectivity index (χ3n) is 7.41. The molecule has 3 aromatic rings. The van der Waals surface area contributed by atoms with Crippen molar-refractivity contribution in [3.8, 4) is 11.1 Å². The summed E-state index contributed by atoms with van der Waals surface area (Å²) in [5.41, 5.74) is 2.45. The summed E-state index contributed by atoms with van der Waals surface area (Å²) in [7, 11) is 2.04. The monoisotopic (exact) mass is 521 g/mol. The zero-order chi connectivity index (χ0) is 27.0. The first-order valence-corrected chi connectivity index (χ1v) is 12.9. The highest BCUT2D eigenvalue weighted by Gasteiger charge is 2.40. The Labute approximate surface area is 220 Å². The molecule has 1 aromatic carbocycles. The maximum absolute atomic E-state index is 14.4. The molecule has 0 saturated carbocycles. The molecule has 4 heterocycles. The van der Waals surface area contributed by atoms with Crippen molar-refractivity contribution < 1.29 is 18.8 Å². The fraction of sp³-hybridized carbons (Fsp3) is 0.481. The van der Waals surface area contributed by atoms with Crippen molar-refractivity contribution in [1.29, 1.82) is 0 Å². The molecule has 10 nitrogen and oxygen atoms in total. The molecule has 0 aliphatic carbocycles. The average Bonchev–Trinajstić information content (AvgIpc) is 3.59. The molecular formula is C27H32FN7O3. The smallest absolute Gasteiger partial charge is 0.245 e. The molecule has 2 saturated heterocycles. The molecule has 0 bridgehead atoms. The van der Waals surface area contributed by atoms with E-state index in [2.05, 4.69) is 25.3 Å². The number of nitrogens with zero attached hydrogens (tertiary/aromatic N) is 6. The van der Waals surface area contributed by atoms with Crippen molar-refractivity contribution in [3.63, 3.8) is 0 Å². The summed E-state index contributed by atoms with van der Waals surface area (Å²) < 4.78 is 15.9. The normalized spacial score (nSPS) is 21.8. The molecule has 38 heavy (non-hydrogen) atoms. The number of hydrogen-bond donors (Lipinski definition) is 1. The SMILES string of the molecule is CC(=O)c1nn(CC(=O)N2C[C@H](F)C[C@H]2C(=O)NC[C@H]2CCN(C)C2)c2ccc(-c3cnc(C)nc3)cc12. The summed E-state index contributed by atoms with van der Waals surface area (Å²) in [6.45, 7) is 5.28. The van der Waals surface area contributed by atoms with Gasteiger partial charge in [-0.1, -0.05) is 6.07 Å². The van der Waals surface area contributed by atoms with Gasteiger partial charge in [-0.15, -0.1) is 0 Å². The van der Waals surface area contributed by atoms with Crippen LogP contribution in [-0.2, 0) is 16.1 Å². The van der Waals surface area contributed by atoms with Gasteiger partial charge >= 0.3 is 0 Å². The van der Waals surface area contributed by atoms with Crippen molar-refractivity contribution in [2.75, 3.05) is 33.2 Å². The molecule has 0 spiro atoms. The van der Waals surface area contributed by atoms with Crippen molar-refractivity contribution in [2.45, 2.75) is 45.4 Å². The summed E-state index contributed by atoms with van der Waals surface area (Å²) in [6.07, 6.45) is 3.12. The quantitative estimate of drug-likeness (QED) is 0.473. The minimum Gasteiger partial charge on any atom is -0.354 e. The Morgan fingerprint density at radius 1 is 1.13 bits per heavy atom. The second-order valence-corrected chi connectivity index (χ2v) is 10.4. The Hall–Kier alpha value is -3.73. The van der Waals surface area contributed by atoms with Crippen LogP contribution in [0.2, 0.25) is 0 Å². The predicted octanol–water partition coefficient (Wildman–Crippen LogP) is 2.01. The van der Waals surface area contributed by atoms with Crippen LogP contribution in [0, 0.1) is 12.8 Å². The minimum atomic E-state index is -1.27. The Morgan fingerprint density at radius 3 is 2.58 bits per heavy atom. The van der Waals surface area contributed by atoms with Crippen molar-refractivity contribution >= 4 is 28.5 Å². The molecule has 2 aromatic heterocycles. The molecule has 3 atom stereocenters. The lowest BCUT2D eigenvalue weighted by Gasteiger charge is -2.24. The Balaban J connectivity index is 1.35. The number of hydrogen-bond acceptors (Lipinski definition) is 7. The third-order valence-corrected chi connectivity index (χ3v) is 7.41. The summed E-state index contributed by atoms with van der Waals surface area (Å²) in [4.78, 5) is 50.6. The zero-order valence-corrected chi connectivity index (χ0v) is 21.9. The van der Waals surface area contributed by atoms with E-state index in [0.29, 0.717) is 29.2 Å². The second-order valence-electron chi connectivity index (χ2n) is 10.4. The number of alkyl halides is 1. The zero-order valence-electron chi connectivity index (χ0n) is 21.9. The summed E-state index contributed by atoms with van der Waals surface area (Å²) >= 11 is 0. The number of benzene rings is 1. The lowest BCUT2D eigenvalue weighted by atomic mass is 10.0. The van der Waals surface area contributed by atoms with Crippen molar-refractivity contribution in [1.82, 2.24) is 34.9 Å². The Bertz CT molecular complexity index is 1370. The van der Waals surface area contributed by atoms with Crippen LogP contribution in [0.15, 0.2) is 30.6 Å². The molecule has 11 heteroatoms. The molecule has 200 valence electrons. The van der Waals surface area contributed by atoms with Gasteiger partial charge < -0.3 is 15.1 Å². The van der Waals surface area contributed by atoms with Gasteiger partial charge in [0.1, 0.15) is 30.3 Å². The average molecular weight is 522 g/mol. The highest BCUT2D eigenvalue weighted by molar-refractivity contribution is 6.06. The number of nitrogens with one attached hydrogen (secondary N) is 1. The standard InChI is InChI=1S/C27H32FN7O3/c1-16(36)26-22-8-19(20-11-29-17(2)30-12-20)4-5-23(22)35(32-26)15-25(37)34-14-21(28)9-24(34)27(38)31-10-18-6-7-33(3)13-18/h4-5,8,11-12,18,21,24H,6-7,9-10,13-15H2,1-3H3,(H,31,38)/t18-,21-,24+/m1/s1. The number of amides is 2. The number of ketones is 1. The van der Waals surface area contributed by atoms with E-state index in [1.54, 1.807) is 25.4 Å². The Kier molecular flexibility index (Phi) is 7.20. The molecule has 0 unspecified atom stereocenters. The van der Waals surface area contributed by atoms with Gasteiger partial charge in [-0.25, -0.2) is 14.4 Å². The summed E-state index contributed by atoms with van der Waals surface area (Å²) in [5.74, 6) is 0.0288. The highest BCUT2D eigenvalue weighted by atomic mass is 19.1. The van der Waals surface area contributed by atoms with E-state index in [-0.39, 0.29) is 36.9 Å². The van der Waals surface area contributed by atoms with E-state index in [1.807, 2.05) is 19.2 Å². The van der Waals surface area contributed by atoms with E-state index in [4.69, 9.17) is 0 Å². The van der Waals surface area contributed by atoms with Gasteiger partial charge in [0.2, 0.25) is 11.8 Å². The maximum Gasteiger partial charge on any atom is 0.245 e. The highest BCUT2D eigenvalue weighted by Crippen LogP contribution is 2.28. The Morgan fingerprint density at radius 2 is 1.89 bits per heavy atom. The minimum absolute atomic E-state index is 0.0251. The van der Waals surface area contributed by atoms with Crippen LogP contribution in [-0.4, -0.2) is 92.6 Å². The molecule has 1 N–H and O–H groups in total. The van der Waals surface area contributed by atoms with Crippen molar-refractivity contribution in [2.24, 2.45) is 5.92 Å². The fourth-order valence-corrected chi connectivity index (χ4v) is 5.36. The van der Waals surface area contributed by atoms with Gasteiger partial charge in [-0.3, -0.25) is 19.1 Å². The number of carbonyl (C=O) groups is 3. The lowest BCUT2D eigenvalue weighted by molar-refractivity contribution is -0.139. The van der Waals surface area contributed by atoms with E-state index in [0.717, 1.165) is 30.6 Å². The fourth-order valence-electron chi connectivity index (χ4n) is 5.36. The summed E-state index contributed by atoms with van der Waals surface area (Å²) in [6, 6.07) is 4.62. The van der Waals surface area contributed by atoms with E-state index in [9.17, 15) is 18.8 Å². The van der Waals surface area contributed by atoms with Crippen LogP contribution in [0.5, 0.6) is 0 Å². The lowest BCUT2D eigenvalue weighted by Crippen LogP contribution is -2.48. The van der Waals surface area contributed by atoms with Gasteiger partial charge in [0.15, 0.2) is 5.78 Å². The van der Waals surface area contributed by atoms with Gasteiger partial charge in [-0.05, 0) is 50.6 Å². The van der Waals surface area contributed by atoms with Crippen LogP contribution in [0.4, 0.5) is 4.39 Å². The molecule has 2 aliphatic heterocycles. The first kappa shape index (κ1) is 25.9. The van der Waals surface area contributed by atoms with Gasteiger partial charge in [0.05, 0.1) is 12.1 Å². The largest absolute Gasteiger partial charge is 0.354 e. The molecule has 2 fully saturated rings. The van der Waals surface area contributed by atoms with Crippen molar-refractivity contribution in [3.05, 3.63) is 42.1 Å². The molecule has 2 amide bonds. The maximum atomic E-state index is 14.4. The number of Topliss-reactive ketones (excluding diaryl/α,β-unsaturated/α-hetero) is 1. The van der Waals surface area contributed by atoms with Gasteiger partial charge in [0.25, 0.3) is 0 Å². The molecule has 2 aliphatic rings. The summed E-state index contributed by atoms with van der Waals surface area (Å²) in [5, 5.41) is 7.95. The third kappa shape index (κ3) is 5.28. The number of rotatable bonds is 7. The van der Waals surface area contributed by atoms with Crippen LogP contribution in [0.3, 0.4) is 0 Å². The first-order valence-electron chi connectivity index (χ1n) is 12.9. The number of carbonyl (C=O) groups excluding carboxylic acids is 3. The van der Waals surface area contributed by atoms with E-state index < -0.39 is 18.1 Å². The van der Waals surface area contributed by atoms with Gasteiger partial charge in [0, 0.05) is 49.8 Å². The number of aromatic nitrogens is 4. The second kappa shape index (κ2) is 10.6. The predicted molar refractivity (Wildman–Crippen MR) is 139 cm³/mol. The molecular weight excluding hydrogens is 489 g/mol. The number of aryl methyl sites for hydroxylation is 1. The molecule has 5 rings (SSSR count). The van der Waals surface area contributed by atoms with E-state index >= 15 is 0 Å². The van der Waals surface area contributed by atoms with Crippen LogP contribution >= 0.6 is 0 Å². The van der Waals surface area contributed by atoms with Crippen LogP contribution in [0.25, 0.3) is 22.0 Å². The van der Waals surface area contributed by atoms with Crippen LogP contribution in [0.1, 0.15) is 36.1 Å². The number of likely N-dealkylation sites (tertiary alicyclic amines) is 2.